The van der Waals surface area contributed by atoms with Gasteiger partial charge in [0.25, 0.3) is 5.56 Å². The number of nitrogens with zero attached hydrogens (tertiary/aromatic N) is 1. The molecule has 1 aromatic carbocycles. The molecule has 1 aromatic heterocycles. The van der Waals surface area contributed by atoms with Crippen LogP contribution >= 0.6 is 0 Å². The Morgan fingerprint density at radius 3 is 2.30 bits per heavy atom. The first-order valence-corrected chi connectivity index (χ1v) is 8.74. The highest BCUT2D eigenvalue weighted by Gasteiger charge is 2.34. The molecule has 8 nitrogen and oxygen atoms in total. The Labute approximate surface area is 171 Å². The van der Waals surface area contributed by atoms with Crippen molar-refractivity contribution in [2.75, 3.05) is 0 Å². The molecule has 0 radical (unpaired) electrons. The quantitative estimate of drug-likeness (QED) is 0.660. The van der Waals surface area contributed by atoms with Gasteiger partial charge in [0.05, 0.1) is 17.5 Å². The van der Waals surface area contributed by atoms with E-state index >= 15 is 0 Å². The van der Waals surface area contributed by atoms with Gasteiger partial charge in [0, 0.05) is 22.5 Å². The number of terminal acetylenes is 1. The number of aromatic nitrogens is 1. The summed E-state index contributed by atoms with van der Waals surface area (Å²) in [5.74, 6) is -0.814. The number of rotatable bonds is 4. The van der Waals surface area contributed by atoms with Crippen molar-refractivity contribution in [3.63, 3.8) is 0 Å². The number of benzene rings is 1. The lowest BCUT2D eigenvalue weighted by Gasteiger charge is -2.23. The van der Waals surface area contributed by atoms with Gasteiger partial charge in [-0.1, -0.05) is 42.3 Å². The van der Waals surface area contributed by atoms with Crippen LogP contribution in [0.15, 0.2) is 59.1 Å². The Morgan fingerprint density at radius 2 is 1.77 bits per heavy atom. The summed E-state index contributed by atoms with van der Waals surface area (Å²) in [5.41, 5.74) is -1.14. The maximum Gasteiger partial charge on any atom is 0.337 e. The number of carbonyl (C=O) groups is 3. The average molecular weight is 409 g/mol. The number of allylic oxidation sites excluding steroid dienone is 2. The highest BCUT2D eigenvalue weighted by Crippen LogP contribution is 2.31. The summed E-state index contributed by atoms with van der Waals surface area (Å²) >= 11 is 0. The number of hydrogen-bond acceptors (Lipinski definition) is 4. The fourth-order valence-electron chi connectivity index (χ4n) is 2.91. The first-order chi connectivity index (χ1) is 14.1. The molecule has 1 unspecified atom stereocenters. The normalized spacial score (nSPS) is 17.3. The summed E-state index contributed by atoms with van der Waals surface area (Å²) in [4.78, 5) is 44.4. The zero-order valence-corrected chi connectivity index (χ0v) is 16.0. The lowest BCUT2D eigenvalue weighted by molar-refractivity contribution is -0.145. The maximum atomic E-state index is 12.0. The second-order valence-electron chi connectivity index (χ2n) is 6.79. The molecule has 154 valence electrons. The Morgan fingerprint density at radius 1 is 1.13 bits per heavy atom. The number of carboxylic acid groups (broad SMARTS) is 3. The number of aliphatic carboxylic acids is 2. The number of aromatic carboxylic acids is 1. The largest absolute Gasteiger partial charge is 0.481 e. The molecule has 0 fully saturated rings. The molecule has 1 aliphatic carbocycles. The molecule has 0 saturated heterocycles. The molecule has 3 rings (SSSR count). The zero-order chi connectivity index (χ0) is 22.5. The van der Waals surface area contributed by atoms with Gasteiger partial charge in [0.2, 0.25) is 0 Å². The fraction of sp³-hybridized carbons (Fsp3) is 0.182. The monoisotopic (exact) mass is 409 g/mol. The van der Waals surface area contributed by atoms with Gasteiger partial charge in [-0.2, -0.15) is 0 Å². The summed E-state index contributed by atoms with van der Waals surface area (Å²) in [6.45, 7) is 1.56. The lowest BCUT2D eigenvalue weighted by atomic mass is 9.80. The summed E-state index contributed by atoms with van der Waals surface area (Å²) in [6.07, 6.45) is 10.9. The van der Waals surface area contributed by atoms with Crippen LogP contribution in [-0.2, 0) is 16.1 Å². The summed E-state index contributed by atoms with van der Waals surface area (Å²) in [7, 11) is 0. The zero-order valence-electron chi connectivity index (χ0n) is 16.0. The van der Waals surface area contributed by atoms with E-state index in [-0.39, 0.29) is 29.7 Å². The van der Waals surface area contributed by atoms with Crippen LogP contribution in [0, 0.1) is 17.8 Å². The van der Waals surface area contributed by atoms with Crippen molar-refractivity contribution in [1.29, 1.82) is 0 Å². The van der Waals surface area contributed by atoms with Crippen molar-refractivity contribution in [2.24, 2.45) is 5.41 Å². The molecule has 8 heteroatoms. The van der Waals surface area contributed by atoms with Crippen LogP contribution in [0.1, 0.15) is 23.7 Å². The lowest BCUT2D eigenvalue weighted by Crippen LogP contribution is -2.28. The summed E-state index contributed by atoms with van der Waals surface area (Å²) in [5, 5.41) is 27.4. The van der Waals surface area contributed by atoms with Crippen LogP contribution in [0.5, 0.6) is 0 Å². The molecule has 0 spiro atoms. The number of pyridine rings is 1. The van der Waals surface area contributed by atoms with Gasteiger partial charge in [-0.05, 0) is 19.4 Å². The number of hydrogen-bond donors (Lipinski definition) is 3. The second kappa shape index (κ2) is 8.92. The van der Waals surface area contributed by atoms with Crippen molar-refractivity contribution in [1.82, 2.24) is 4.57 Å². The third-order valence-corrected chi connectivity index (χ3v) is 4.57. The van der Waals surface area contributed by atoms with Crippen molar-refractivity contribution in [3.8, 4) is 12.3 Å². The Bertz CT molecular complexity index is 1180. The molecule has 1 aliphatic rings. The van der Waals surface area contributed by atoms with Crippen LogP contribution in [-0.4, -0.2) is 37.8 Å². The SMILES string of the molecule is C#CCn1cc(C(=O)O)c2ccccc2c1=O.CC1(C(=O)O)C=CC=C(C(=O)O)C1. The molecule has 30 heavy (non-hydrogen) atoms. The number of carboxylic acids is 3. The van der Waals surface area contributed by atoms with E-state index in [1.54, 1.807) is 24.3 Å². The van der Waals surface area contributed by atoms with Crippen LogP contribution in [0.3, 0.4) is 0 Å². The molecule has 2 aromatic rings. The van der Waals surface area contributed by atoms with E-state index in [1.807, 2.05) is 0 Å². The van der Waals surface area contributed by atoms with E-state index in [9.17, 15) is 19.2 Å². The van der Waals surface area contributed by atoms with Gasteiger partial charge in [-0.3, -0.25) is 9.59 Å². The van der Waals surface area contributed by atoms with Crippen LogP contribution in [0.2, 0.25) is 0 Å². The van der Waals surface area contributed by atoms with E-state index < -0.39 is 23.3 Å². The predicted octanol–water partition coefficient (Wildman–Crippen LogP) is 2.38. The van der Waals surface area contributed by atoms with Gasteiger partial charge < -0.3 is 19.9 Å². The summed E-state index contributed by atoms with van der Waals surface area (Å²) < 4.78 is 1.23. The van der Waals surface area contributed by atoms with Crippen LogP contribution in [0.25, 0.3) is 10.8 Å². The Hall–Kier alpha value is -4.12. The standard InChI is InChI=1S/C13H9NO3.C9H10O4/c1-2-7-14-8-11(13(16)17)9-5-3-4-6-10(9)12(14)15;1-9(8(12)13)4-2-3-6(5-9)7(10)11/h1,3-6,8H,7H2,(H,16,17);2-4H,5H2,1H3,(H,10,11)(H,12,13). The molecule has 0 bridgehead atoms. The van der Waals surface area contributed by atoms with E-state index in [0.717, 1.165) is 0 Å². The highest BCUT2D eigenvalue weighted by molar-refractivity contribution is 6.02. The molecule has 3 N–H and O–H groups in total. The topological polar surface area (TPSA) is 134 Å². The van der Waals surface area contributed by atoms with Crippen molar-refractivity contribution in [3.05, 3.63) is 70.2 Å². The van der Waals surface area contributed by atoms with Gasteiger partial charge in [0.1, 0.15) is 0 Å². The second-order valence-corrected chi connectivity index (χ2v) is 6.79. The van der Waals surface area contributed by atoms with E-state index in [1.165, 1.54) is 35.9 Å². The van der Waals surface area contributed by atoms with E-state index in [4.69, 9.17) is 21.7 Å². The van der Waals surface area contributed by atoms with Crippen LogP contribution in [0.4, 0.5) is 0 Å². The van der Waals surface area contributed by atoms with Gasteiger partial charge >= 0.3 is 17.9 Å². The van der Waals surface area contributed by atoms with Gasteiger partial charge in [-0.15, -0.1) is 6.42 Å². The first-order valence-electron chi connectivity index (χ1n) is 8.74. The average Bonchev–Trinajstić information content (AvgIpc) is 2.70. The maximum absolute atomic E-state index is 12.0. The first kappa shape index (κ1) is 22.2. The smallest absolute Gasteiger partial charge is 0.337 e. The Balaban J connectivity index is 0.000000222. The molecule has 1 atom stereocenters. The van der Waals surface area contributed by atoms with Crippen molar-refractivity contribution >= 4 is 28.7 Å². The molecule has 1 heterocycles. The third-order valence-electron chi connectivity index (χ3n) is 4.57. The van der Waals surface area contributed by atoms with E-state index in [0.29, 0.717) is 10.8 Å². The minimum absolute atomic E-state index is 0.0359. The molecular formula is C22H19NO7. The van der Waals surface area contributed by atoms with Gasteiger partial charge in [0.15, 0.2) is 0 Å². The Kier molecular flexibility index (Phi) is 6.59. The minimum atomic E-state index is -1.08. The minimum Gasteiger partial charge on any atom is -0.481 e. The summed E-state index contributed by atoms with van der Waals surface area (Å²) in [6, 6.07) is 6.59. The van der Waals surface area contributed by atoms with Crippen molar-refractivity contribution < 1.29 is 29.7 Å². The predicted molar refractivity (Wildman–Crippen MR) is 109 cm³/mol. The molecular weight excluding hydrogens is 390 g/mol. The molecule has 0 amide bonds. The fourth-order valence-corrected chi connectivity index (χ4v) is 2.91. The van der Waals surface area contributed by atoms with Crippen molar-refractivity contribution in [2.45, 2.75) is 19.9 Å². The molecule has 0 aliphatic heterocycles. The van der Waals surface area contributed by atoms with Crippen LogP contribution < -0.4 is 5.56 Å². The number of fused-ring (bicyclic) bond motifs is 1. The molecule has 0 saturated carbocycles. The van der Waals surface area contributed by atoms with E-state index in [2.05, 4.69) is 5.92 Å². The van der Waals surface area contributed by atoms with Gasteiger partial charge in [-0.25, -0.2) is 9.59 Å². The highest BCUT2D eigenvalue weighted by atomic mass is 16.4. The third kappa shape index (κ3) is 4.64.